The predicted octanol–water partition coefficient (Wildman–Crippen LogP) is 3.14. The van der Waals surface area contributed by atoms with E-state index in [1.165, 1.54) is 7.11 Å². The van der Waals surface area contributed by atoms with Gasteiger partial charge in [0.25, 0.3) is 0 Å². The van der Waals surface area contributed by atoms with Gasteiger partial charge in [-0.05, 0) is 42.5 Å². The molecule has 1 atom stereocenters. The van der Waals surface area contributed by atoms with Gasteiger partial charge in [-0.3, -0.25) is 9.59 Å². The molecule has 3 rings (SSSR count). The number of anilines is 1. The minimum absolute atomic E-state index is 0. The molecule has 1 fully saturated rings. The first-order valence-electron chi connectivity index (χ1n) is 10.6. The van der Waals surface area contributed by atoms with E-state index in [1.54, 1.807) is 17.0 Å². The first-order chi connectivity index (χ1) is 15.5. The lowest BCUT2D eigenvalue weighted by molar-refractivity contribution is -0.142. The molecule has 0 bridgehead atoms. The normalized spacial score (nSPS) is 14.5. The second-order valence-electron chi connectivity index (χ2n) is 7.82. The van der Waals surface area contributed by atoms with Gasteiger partial charge in [-0.2, -0.15) is 0 Å². The van der Waals surface area contributed by atoms with E-state index in [2.05, 4.69) is 10.1 Å². The summed E-state index contributed by atoms with van der Waals surface area (Å²) in [6.45, 7) is 1.20. The molecule has 9 heteroatoms. The molecule has 33 heavy (non-hydrogen) atoms. The van der Waals surface area contributed by atoms with E-state index in [1.807, 2.05) is 42.5 Å². The van der Waals surface area contributed by atoms with Crippen molar-refractivity contribution >= 4 is 36.1 Å². The fraction of sp³-hybridized carbons (Fsp3) is 0.375. The molecular weight excluding hydrogens is 446 g/mol. The zero-order valence-corrected chi connectivity index (χ0v) is 19.4. The molecule has 0 radical (unpaired) electrons. The number of carbonyl (C=O) groups is 3. The molecule has 2 aromatic rings. The second kappa shape index (κ2) is 12.8. The van der Waals surface area contributed by atoms with Crippen molar-refractivity contribution in [2.24, 2.45) is 11.7 Å². The Bertz CT molecular complexity index is 915. The number of methoxy groups -OCH3 is 1. The molecule has 0 aromatic heterocycles. The van der Waals surface area contributed by atoms with Crippen molar-refractivity contribution in [2.75, 3.05) is 25.5 Å². The topological polar surface area (TPSA) is 111 Å². The molecule has 0 saturated carbocycles. The Hall–Kier alpha value is -3.10. The molecule has 1 aliphatic heterocycles. The SMILES string of the molecule is COC(=O)[C@@H](N)Cc1ccc(NC(=O)C2CCN(C(=O)OCc3ccccc3)CC2)cc1.Cl. The van der Waals surface area contributed by atoms with Gasteiger partial charge in [0, 0.05) is 24.7 Å². The number of benzene rings is 2. The first-order valence-corrected chi connectivity index (χ1v) is 10.6. The molecule has 178 valence electrons. The molecule has 2 amide bonds. The van der Waals surface area contributed by atoms with Crippen molar-refractivity contribution in [2.45, 2.75) is 31.9 Å². The Morgan fingerprint density at radius 3 is 2.27 bits per heavy atom. The minimum atomic E-state index is -0.718. The van der Waals surface area contributed by atoms with Crippen LogP contribution in [0.25, 0.3) is 0 Å². The number of nitrogens with one attached hydrogen (secondary N) is 1. The third-order valence-electron chi connectivity index (χ3n) is 5.51. The Morgan fingerprint density at radius 1 is 1.03 bits per heavy atom. The average Bonchev–Trinajstić information content (AvgIpc) is 2.83. The summed E-state index contributed by atoms with van der Waals surface area (Å²) >= 11 is 0. The van der Waals surface area contributed by atoms with Gasteiger partial charge in [0.05, 0.1) is 7.11 Å². The van der Waals surface area contributed by atoms with E-state index >= 15 is 0 Å². The minimum Gasteiger partial charge on any atom is -0.468 e. The Morgan fingerprint density at radius 2 is 1.67 bits per heavy atom. The van der Waals surface area contributed by atoms with Crippen LogP contribution in [0.2, 0.25) is 0 Å². The van der Waals surface area contributed by atoms with Crippen molar-refractivity contribution in [1.29, 1.82) is 0 Å². The van der Waals surface area contributed by atoms with E-state index in [0.29, 0.717) is 38.0 Å². The Balaban J connectivity index is 0.00000385. The fourth-order valence-electron chi connectivity index (χ4n) is 3.59. The lowest BCUT2D eigenvalue weighted by atomic mass is 9.96. The van der Waals surface area contributed by atoms with E-state index in [0.717, 1.165) is 11.1 Å². The van der Waals surface area contributed by atoms with Gasteiger partial charge in [-0.1, -0.05) is 42.5 Å². The lowest BCUT2D eigenvalue weighted by Crippen LogP contribution is -2.41. The molecule has 1 heterocycles. The maximum absolute atomic E-state index is 12.6. The summed E-state index contributed by atoms with van der Waals surface area (Å²) in [7, 11) is 1.30. The number of nitrogens with zero attached hydrogens (tertiary/aromatic N) is 1. The van der Waals surface area contributed by atoms with Gasteiger partial charge in [-0.25, -0.2) is 4.79 Å². The van der Waals surface area contributed by atoms with E-state index in [9.17, 15) is 14.4 Å². The van der Waals surface area contributed by atoms with Crippen molar-refractivity contribution in [3.05, 3.63) is 65.7 Å². The van der Waals surface area contributed by atoms with Crippen LogP contribution in [0.1, 0.15) is 24.0 Å². The standard InChI is InChI=1S/C24H29N3O5.ClH/c1-31-23(29)21(25)15-17-7-9-20(10-8-17)26-22(28)19-11-13-27(14-12-19)24(30)32-16-18-5-3-2-4-6-18;/h2-10,19,21H,11-16,25H2,1H3,(H,26,28);1H/t21-;/m0./s1. The van der Waals surface area contributed by atoms with E-state index in [4.69, 9.17) is 10.5 Å². The monoisotopic (exact) mass is 475 g/mol. The van der Waals surface area contributed by atoms with Gasteiger partial charge < -0.3 is 25.4 Å². The highest BCUT2D eigenvalue weighted by molar-refractivity contribution is 5.92. The summed E-state index contributed by atoms with van der Waals surface area (Å²) in [5, 5.41) is 2.92. The molecule has 8 nitrogen and oxygen atoms in total. The number of halogens is 1. The summed E-state index contributed by atoms with van der Waals surface area (Å²) < 4.78 is 10.00. The number of ether oxygens (including phenoxy) is 2. The van der Waals surface area contributed by atoms with Crippen molar-refractivity contribution < 1.29 is 23.9 Å². The van der Waals surface area contributed by atoms with Crippen molar-refractivity contribution in [1.82, 2.24) is 4.90 Å². The van der Waals surface area contributed by atoms with Gasteiger partial charge >= 0.3 is 12.1 Å². The Kier molecular flexibility index (Phi) is 10.2. The summed E-state index contributed by atoms with van der Waals surface area (Å²) in [5.41, 5.74) is 8.27. The van der Waals surface area contributed by atoms with Crippen LogP contribution in [0.3, 0.4) is 0 Å². The number of amides is 2. The second-order valence-corrected chi connectivity index (χ2v) is 7.82. The molecule has 3 N–H and O–H groups in total. The van der Waals surface area contributed by atoms with E-state index < -0.39 is 12.0 Å². The third-order valence-corrected chi connectivity index (χ3v) is 5.51. The first kappa shape index (κ1) is 26.2. The average molecular weight is 476 g/mol. The molecule has 2 aromatic carbocycles. The van der Waals surface area contributed by atoms with Gasteiger partial charge in [0.2, 0.25) is 5.91 Å². The molecule has 0 spiro atoms. The summed E-state index contributed by atoms with van der Waals surface area (Å²) in [6.07, 6.45) is 1.17. The van der Waals surface area contributed by atoms with Gasteiger partial charge in [0.1, 0.15) is 12.6 Å². The van der Waals surface area contributed by atoms with Crippen molar-refractivity contribution in [3.63, 3.8) is 0 Å². The number of rotatable bonds is 7. The maximum Gasteiger partial charge on any atom is 0.410 e. The number of nitrogens with two attached hydrogens (primary N) is 1. The largest absolute Gasteiger partial charge is 0.468 e. The quantitative estimate of drug-likeness (QED) is 0.595. The number of hydrogen-bond donors (Lipinski definition) is 2. The predicted molar refractivity (Wildman–Crippen MR) is 127 cm³/mol. The lowest BCUT2D eigenvalue weighted by Gasteiger charge is -2.30. The molecule has 0 unspecified atom stereocenters. The number of hydrogen-bond acceptors (Lipinski definition) is 6. The van der Waals surface area contributed by atoms with E-state index in [-0.39, 0.29) is 36.9 Å². The molecule has 0 aliphatic carbocycles. The fourth-order valence-corrected chi connectivity index (χ4v) is 3.59. The number of esters is 1. The Labute approximate surface area is 199 Å². The van der Waals surface area contributed by atoms with Crippen molar-refractivity contribution in [3.8, 4) is 0 Å². The highest BCUT2D eigenvalue weighted by Crippen LogP contribution is 2.21. The van der Waals surface area contributed by atoms with Crippen LogP contribution < -0.4 is 11.1 Å². The number of carbonyl (C=O) groups excluding carboxylic acids is 3. The van der Waals surface area contributed by atoms with Gasteiger partial charge in [-0.15, -0.1) is 12.4 Å². The van der Waals surface area contributed by atoms with Crippen LogP contribution in [-0.2, 0) is 32.1 Å². The van der Waals surface area contributed by atoms with Crippen LogP contribution in [0.15, 0.2) is 54.6 Å². The van der Waals surface area contributed by atoms with Crippen LogP contribution >= 0.6 is 12.4 Å². The van der Waals surface area contributed by atoms with Crippen LogP contribution in [0, 0.1) is 5.92 Å². The summed E-state index contributed by atoms with van der Waals surface area (Å²) in [6, 6.07) is 16.0. The molecule has 1 aliphatic rings. The number of piperidine rings is 1. The summed E-state index contributed by atoms with van der Waals surface area (Å²) in [5.74, 6) is -0.695. The van der Waals surface area contributed by atoms with Crippen LogP contribution in [-0.4, -0.2) is 49.1 Å². The van der Waals surface area contributed by atoms with Crippen LogP contribution in [0.4, 0.5) is 10.5 Å². The smallest absolute Gasteiger partial charge is 0.410 e. The maximum atomic E-state index is 12.6. The zero-order chi connectivity index (χ0) is 22.9. The molecule has 1 saturated heterocycles. The third kappa shape index (κ3) is 7.76. The highest BCUT2D eigenvalue weighted by atomic mass is 35.5. The zero-order valence-electron chi connectivity index (χ0n) is 18.6. The van der Waals surface area contributed by atoms with Crippen LogP contribution in [0.5, 0.6) is 0 Å². The molecular formula is C24H30ClN3O5. The summed E-state index contributed by atoms with van der Waals surface area (Å²) in [4.78, 5) is 38.0. The number of likely N-dealkylation sites (tertiary alicyclic amines) is 1. The van der Waals surface area contributed by atoms with Gasteiger partial charge in [0.15, 0.2) is 0 Å². The highest BCUT2D eigenvalue weighted by Gasteiger charge is 2.28.